The molecule has 0 aliphatic rings. The molecule has 0 aromatic heterocycles. The second kappa shape index (κ2) is 13.8. The Bertz CT molecular complexity index is 919. The number of esters is 1. The molecule has 0 heterocycles. The number of methoxy groups -OCH3 is 5. The number of carbonyl (C=O) groups is 2. The molecule has 2 aromatic carbocycles. The predicted octanol–water partition coefficient (Wildman–Crippen LogP) is 2.45. The summed E-state index contributed by atoms with van der Waals surface area (Å²) < 4.78 is 25.0. The summed E-state index contributed by atoms with van der Waals surface area (Å²) in [5, 5.41) is 8.64. The van der Waals surface area contributed by atoms with E-state index in [-0.39, 0.29) is 18.8 Å². The minimum atomic E-state index is -0.928. The van der Waals surface area contributed by atoms with E-state index in [4.69, 9.17) is 35.5 Å². The molecule has 0 aliphatic heterocycles. The van der Waals surface area contributed by atoms with Crippen LogP contribution in [0.5, 0.6) is 23.0 Å². The maximum atomic E-state index is 11.1. The third kappa shape index (κ3) is 8.51. The Morgan fingerprint density at radius 1 is 0.727 bits per heavy atom. The lowest BCUT2D eigenvalue weighted by Gasteiger charge is -2.13. The normalized spacial score (nSPS) is 11.8. The number of aliphatic carboxylic acids is 1. The summed E-state index contributed by atoms with van der Waals surface area (Å²) in [6.07, 6.45) is 0.0153. The topological polar surface area (TPSA) is 153 Å². The van der Waals surface area contributed by atoms with Crippen LogP contribution in [0.3, 0.4) is 0 Å². The first-order chi connectivity index (χ1) is 15.7. The minimum absolute atomic E-state index is 0.116. The number of carboxylic acid groups (broad SMARTS) is 1. The molecule has 0 saturated carbocycles. The van der Waals surface area contributed by atoms with Crippen molar-refractivity contribution in [2.45, 2.75) is 24.9 Å². The molecule has 10 heteroatoms. The number of carboxylic acids is 1. The van der Waals surface area contributed by atoms with Crippen LogP contribution in [-0.2, 0) is 14.3 Å². The lowest BCUT2D eigenvalue weighted by atomic mass is 10.0. The van der Waals surface area contributed by atoms with Crippen LogP contribution in [0.2, 0.25) is 0 Å². The maximum Gasteiger partial charge on any atom is 0.307 e. The fraction of sp³-hybridized carbons (Fsp3) is 0.391. The second-order valence-corrected chi connectivity index (χ2v) is 6.82. The summed E-state index contributed by atoms with van der Waals surface area (Å²) in [7, 11) is 7.50. The summed E-state index contributed by atoms with van der Waals surface area (Å²) in [6, 6.07) is 9.48. The van der Waals surface area contributed by atoms with E-state index >= 15 is 0 Å². The van der Waals surface area contributed by atoms with Crippen LogP contribution >= 0.6 is 0 Å². The molecule has 0 fully saturated rings. The third-order valence-corrected chi connectivity index (χ3v) is 4.68. The monoisotopic (exact) mass is 464 g/mol. The molecule has 0 bridgehead atoms. The van der Waals surface area contributed by atoms with E-state index in [0.717, 1.165) is 5.56 Å². The molecule has 2 atom stereocenters. The Labute approximate surface area is 193 Å². The van der Waals surface area contributed by atoms with E-state index in [1.807, 2.05) is 0 Å². The molecule has 0 saturated heterocycles. The standard InChI is InChI=1S/C12H17NO4.C11H15NO4/c1-15-10-5-4-8(6-11(10)16-2)9(13)7-12(14)17-3;1-15-9-4-3-7(5-10(9)16-2)8(12)6-11(13)14/h4-6,9H,7,13H2,1-3H3;3-5,8H,6,12H2,1-2H3,(H,13,14)/t9-;8-/m11/s1. The zero-order chi connectivity index (χ0) is 25.0. The molecule has 33 heavy (non-hydrogen) atoms. The van der Waals surface area contributed by atoms with Gasteiger partial charge in [0.05, 0.1) is 48.4 Å². The van der Waals surface area contributed by atoms with E-state index in [0.29, 0.717) is 28.6 Å². The number of ether oxygens (including phenoxy) is 5. The summed E-state index contributed by atoms with van der Waals surface area (Å²) in [5.41, 5.74) is 13.1. The van der Waals surface area contributed by atoms with Gasteiger partial charge in [-0.25, -0.2) is 0 Å². The lowest BCUT2D eigenvalue weighted by molar-refractivity contribution is -0.141. The SMILES string of the molecule is COC(=O)C[C@@H](N)c1ccc(OC)c(OC)c1.COc1ccc([C@H](N)CC(=O)O)cc1OC. The van der Waals surface area contributed by atoms with Gasteiger partial charge in [-0.3, -0.25) is 9.59 Å². The highest BCUT2D eigenvalue weighted by molar-refractivity contribution is 5.70. The lowest BCUT2D eigenvalue weighted by Crippen LogP contribution is -2.16. The Morgan fingerprint density at radius 3 is 1.45 bits per heavy atom. The molecule has 5 N–H and O–H groups in total. The molecule has 182 valence electrons. The van der Waals surface area contributed by atoms with Crippen LogP contribution in [-0.4, -0.2) is 52.6 Å². The molecule has 2 aromatic rings. The van der Waals surface area contributed by atoms with Gasteiger partial charge in [-0.15, -0.1) is 0 Å². The maximum absolute atomic E-state index is 11.1. The molecule has 2 rings (SSSR count). The Balaban J connectivity index is 0.000000331. The Morgan fingerprint density at radius 2 is 1.12 bits per heavy atom. The Hall–Kier alpha value is -3.50. The van der Waals surface area contributed by atoms with Gasteiger partial charge < -0.3 is 40.3 Å². The molecule has 0 spiro atoms. The van der Waals surface area contributed by atoms with Crippen molar-refractivity contribution < 1.29 is 38.4 Å². The first-order valence-corrected chi connectivity index (χ1v) is 9.94. The summed E-state index contributed by atoms with van der Waals surface area (Å²) in [5.74, 6) is 1.08. The van der Waals surface area contributed by atoms with Gasteiger partial charge in [0, 0.05) is 12.1 Å². The molecule has 10 nitrogen and oxygen atoms in total. The van der Waals surface area contributed by atoms with Crippen molar-refractivity contribution in [3.05, 3.63) is 47.5 Å². The first kappa shape index (κ1) is 27.5. The van der Waals surface area contributed by atoms with Crippen LogP contribution in [0.1, 0.15) is 36.1 Å². The third-order valence-electron chi connectivity index (χ3n) is 4.68. The zero-order valence-corrected chi connectivity index (χ0v) is 19.5. The van der Waals surface area contributed by atoms with Gasteiger partial charge in [-0.05, 0) is 35.4 Å². The minimum Gasteiger partial charge on any atom is -0.493 e. The predicted molar refractivity (Wildman–Crippen MR) is 122 cm³/mol. The van der Waals surface area contributed by atoms with Crippen molar-refractivity contribution in [2.24, 2.45) is 11.5 Å². The average molecular weight is 465 g/mol. The zero-order valence-electron chi connectivity index (χ0n) is 19.5. The second-order valence-electron chi connectivity index (χ2n) is 6.82. The van der Waals surface area contributed by atoms with Crippen molar-refractivity contribution in [2.75, 3.05) is 35.5 Å². The highest BCUT2D eigenvalue weighted by atomic mass is 16.5. The van der Waals surface area contributed by atoms with Gasteiger partial charge in [0.1, 0.15) is 0 Å². The first-order valence-electron chi connectivity index (χ1n) is 9.94. The number of carbonyl (C=O) groups excluding carboxylic acids is 1. The highest BCUT2D eigenvalue weighted by Gasteiger charge is 2.15. The van der Waals surface area contributed by atoms with Crippen molar-refractivity contribution in [1.82, 2.24) is 0 Å². The Kier molecular flexibility index (Phi) is 11.5. The van der Waals surface area contributed by atoms with Gasteiger partial charge in [-0.1, -0.05) is 12.1 Å². The number of hydrogen-bond donors (Lipinski definition) is 3. The highest BCUT2D eigenvalue weighted by Crippen LogP contribution is 2.31. The average Bonchev–Trinajstić information content (AvgIpc) is 2.82. The van der Waals surface area contributed by atoms with Crippen LogP contribution < -0.4 is 30.4 Å². The van der Waals surface area contributed by atoms with E-state index < -0.39 is 18.1 Å². The van der Waals surface area contributed by atoms with E-state index in [1.165, 1.54) is 21.3 Å². The summed E-state index contributed by atoms with van der Waals surface area (Å²) in [6.45, 7) is 0. The van der Waals surface area contributed by atoms with E-state index in [2.05, 4.69) is 4.74 Å². The van der Waals surface area contributed by atoms with Gasteiger partial charge in [-0.2, -0.15) is 0 Å². The van der Waals surface area contributed by atoms with Crippen LogP contribution in [0, 0.1) is 0 Å². The smallest absolute Gasteiger partial charge is 0.307 e. The molecular formula is C23H32N2O8. The largest absolute Gasteiger partial charge is 0.493 e. The van der Waals surface area contributed by atoms with E-state index in [9.17, 15) is 9.59 Å². The molecule has 0 aliphatic carbocycles. The van der Waals surface area contributed by atoms with Gasteiger partial charge in [0.25, 0.3) is 0 Å². The molecule has 0 amide bonds. The summed E-state index contributed by atoms with van der Waals surface area (Å²) >= 11 is 0. The van der Waals surface area contributed by atoms with Crippen LogP contribution in [0.15, 0.2) is 36.4 Å². The van der Waals surface area contributed by atoms with Crippen molar-refractivity contribution in [1.29, 1.82) is 0 Å². The molecular weight excluding hydrogens is 432 g/mol. The number of benzene rings is 2. The number of rotatable bonds is 10. The quantitative estimate of drug-likeness (QED) is 0.447. The fourth-order valence-electron chi connectivity index (χ4n) is 2.85. The molecule has 0 radical (unpaired) electrons. The number of hydrogen-bond acceptors (Lipinski definition) is 9. The van der Waals surface area contributed by atoms with Gasteiger partial charge in [0.2, 0.25) is 0 Å². The number of nitrogens with two attached hydrogens (primary N) is 2. The van der Waals surface area contributed by atoms with Crippen LogP contribution in [0.25, 0.3) is 0 Å². The van der Waals surface area contributed by atoms with Crippen molar-refractivity contribution in [3.8, 4) is 23.0 Å². The van der Waals surface area contributed by atoms with Crippen molar-refractivity contribution in [3.63, 3.8) is 0 Å². The van der Waals surface area contributed by atoms with E-state index in [1.54, 1.807) is 50.6 Å². The van der Waals surface area contributed by atoms with Crippen molar-refractivity contribution >= 4 is 11.9 Å². The molecule has 0 unspecified atom stereocenters. The van der Waals surface area contributed by atoms with Crippen LogP contribution in [0.4, 0.5) is 0 Å². The fourth-order valence-corrected chi connectivity index (χ4v) is 2.85. The van der Waals surface area contributed by atoms with Gasteiger partial charge in [0.15, 0.2) is 23.0 Å². The summed E-state index contributed by atoms with van der Waals surface area (Å²) in [4.78, 5) is 21.6. The van der Waals surface area contributed by atoms with Gasteiger partial charge >= 0.3 is 11.9 Å².